The zero-order valence-electron chi connectivity index (χ0n) is 21.9. The largest absolute Gasteiger partial charge is 0.494 e. The van der Waals surface area contributed by atoms with Crippen LogP contribution in [0.2, 0.25) is 10.0 Å². The first-order valence-corrected chi connectivity index (χ1v) is 14.8. The van der Waals surface area contributed by atoms with Gasteiger partial charge in [-0.1, -0.05) is 43.1 Å². The topological polar surface area (TPSA) is 117 Å². The number of carbonyl (C=O) groups excluding carboxylic acids is 2. The number of rotatable bonds is 12. The Bertz CT molecular complexity index is 1410. The first-order valence-electron chi connectivity index (χ1n) is 12.4. The summed E-state index contributed by atoms with van der Waals surface area (Å²) in [6.45, 7) is 7.91. The van der Waals surface area contributed by atoms with Crippen molar-refractivity contribution in [2.45, 2.75) is 47.0 Å². The molecule has 3 aromatic rings. The number of aromatic nitrogens is 1. The second-order valence-corrected chi connectivity index (χ2v) is 12.3. The maximum atomic E-state index is 13.1. The van der Waals surface area contributed by atoms with E-state index in [4.69, 9.17) is 27.9 Å². The fourth-order valence-corrected chi connectivity index (χ4v) is 5.26. The van der Waals surface area contributed by atoms with E-state index in [2.05, 4.69) is 15.0 Å². The highest BCUT2D eigenvalue weighted by Gasteiger charge is 2.22. The van der Waals surface area contributed by atoms with E-state index in [1.165, 1.54) is 0 Å². The molecule has 3 rings (SSSR count). The van der Waals surface area contributed by atoms with Crippen LogP contribution in [0.3, 0.4) is 0 Å². The number of carbonyl (C=O) groups is 2. The minimum Gasteiger partial charge on any atom is -0.494 e. The van der Waals surface area contributed by atoms with Crippen LogP contribution in [-0.2, 0) is 21.2 Å². The van der Waals surface area contributed by atoms with Gasteiger partial charge in [-0.05, 0) is 73.6 Å². The monoisotopic (exact) mass is 581 g/mol. The molecule has 38 heavy (non-hydrogen) atoms. The Kier molecular flexibility index (Phi) is 10.1. The molecule has 0 atom stereocenters. The van der Waals surface area contributed by atoms with Crippen molar-refractivity contribution >= 4 is 55.9 Å². The Morgan fingerprint density at radius 1 is 1.08 bits per heavy atom. The van der Waals surface area contributed by atoms with Crippen LogP contribution in [0, 0.1) is 19.8 Å². The van der Waals surface area contributed by atoms with Crippen molar-refractivity contribution < 1.29 is 22.7 Å². The van der Waals surface area contributed by atoms with E-state index in [1.807, 2.05) is 39.8 Å². The smallest absolute Gasteiger partial charge is 0.281 e. The Labute approximate surface area is 233 Å². The summed E-state index contributed by atoms with van der Waals surface area (Å²) in [7, 11) is -3.98. The Hall–Kier alpha value is -2.75. The van der Waals surface area contributed by atoms with Gasteiger partial charge in [0, 0.05) is 33.9 Å². The lowest BCUT2D eigenvalue weighted by Crippen LogP contribution is -2.38. The van der Waals surface area contributed by atoms with Crippen molar-refractivity contribution in [3.8, 4) is 5.75 Å². The number of hydrogen-bond acceptors (Lipinski definition) is 5. The molecule has 0 aliphatic carbocycles. The van der Waals surface area contributed by atoms with Crippen molar-refractivity contribution in [1.82, 2.24) is 15.0 Å². The number of hydrogen-bond donors (Lipinski definition) is 3. The Morgan fingerprint density at radius 3 is 2.42 bits per heavy atom. The van der Waals surface area contributed by atoms with E-state index in [0.717, 1.165) is 16.5 Å². The van der Waals surface area contributed by atoms with Crippen LogP contribution in [-0.4, -0.2) is 44.1 Å². The maximum absolute atomic E-state index is 13.1. The minimum atomic E-state index is -3.98. The number of amides is 2. The Balaban J connectivity index is 1.69. The van der Waals surface area contributed by atoms with Gasteiger partial charge in [0.25, 0.3) is 5.91 Å². The number of sulfonamides is 1. The maximum Gasteiger partial charge on any atom is 0.281 e. The third-order valence-corrected chi connectivity index (χ3v) is 7.95. The number of halogens is 2. The molecular formula is C27H33Cl2N3O5S. The van der Waals surface area contributed by atoms with Gasteiger partial charge in [-0.15, -0.1) is 0 Å². The van der Waals surface area contributed by atoms with Crippen molar-refractivity contribution in [2.24, 2.45) is 5.92 Å². The normalized spacial score (nSPS) is 11.7. The summed E-state index contributed by atoms with van der Waals surface area (Å²) in [4.78, 5) is 27.9. The van der Waals surface area contributed by atoms with Crippen LogP contribution >= 0.6 is 23.2 Å². The van der Waals surface area contributed by atoms with E-state index in [1.54, 1.807) is 18.2 Å². The van der Waals surface area contributed by atoms with E-state index in [-0.39, 0.29) is 24.1 Å². The number of H-pyrrole nitrogens is 1. The molecule has 0 bridgehead atoms. The van der Waals surface area contributed by atoms with Gasteiger partial charge < -0.3 is 15.0 Å². The minimum absolute atomic E-state index is 0.0929. The second-order valence-electron chi connectivity index (χ2n) is 9.69. The van der Waals surface area contributed by atoms with Crippen LogP contribution in [0.25, 0.3) is 10.9 Å². The van der Waals surface area contributed by atoms with E-state index < -0.39 is 21.7 Å². The fraction of sp³-hybridized carbons (Fsp3) is 0.407. The molecule has 0 aliphatic heterocycles. The van der Waals surface area contributed by atoms with E-state index in [9.17, 15) is 18.0 Å². The van der Waals surface area contributed by atoms with Gasteiger partial charge in [-0.25, -0.2) is 13.1 Å². The summed E-state index contributed by atoms with van der Waals surface area (Å²) in [6, 6.07) is 8.95. The van der Waals surface area contributed by atoms with Gasteiger partial charge >= 0.3 is 0 Å². The fourth-order valence-electron chi connectivity index (χ4n) is 4.12. The van der Waals surface area contributed by atoms with E-state index >= 15 is 0 Å². The van der Waals surface area contributed by atoms with E-state index in [0.29, 0.717) is 52.7 Å². The highest BCUT2D eigenvalue weighted by Crippen LogP contribution is 2.28. The van der Waals surface area contributed by atoms with Crippen LogP contribution < -0.4 is 14.8 Å². The van der Waals surface area contributed by atoms with Gasteiger partial charge in [0.05, 0.1) is 12.4 Å². The molecule has 0 saturated carbocycles. The second kappa shape index (κ2) is 12.9. The summed E-state index contributed by atoms with van der Waals surface area (Å²) in [5.41, 5.74) is 3.29. The quantitative estimate of drug-likeness (QED) is 0.250. The molecule has 8 nitrogen and oxygen atoms in total. The SMILES string of the molecule is Cc1cc(OCCCc2c(C(=O)NS(=O)(=O)CCNC(=O)CC(C)C)[nH]c3cc(Cl)ccc23)cc(C)c1Cl. The molecule has 0 unspecified atom stereocenters. The summed E-state index contributed by atoms with van der Waals surface area (Å²) in [5, 5.41) is 4.53. The van der Waals surface area contributed by atoms with Crippen molar-refractivity contribution in [3.05, 3.63) is 62.8 Å². The number of ether oxygens (including phenoxy) is 1. The molecule has 2 aromatic carbocycles. The summed E-state index contributed by atoms with van der Waals surface area (Å²) in [6.07, 6.45) is 1.33. The molecule has 0 aliphatic rings. The number of aromatic amines is 1. The van der Waals surface area contributed by atoms with Crippen molar-refractivity contribution in [3.63, 3.8) is 0 Å². The third kappa shape index (κ3) is 8.12. The molecule has 0 spiro atoms. The van der Waals surface area contributed by atoms with Crippen molar-refractivity contribution in [2.75, 3.05) is 18.9 Å². The molecule has 206 valence electrons. The molecule has 3 N–H and O–H groups in total. The highest BCUT2D eigenvalue weighted by molar-refractivity contribution is 7.90. The van der Waals surface area contributed by atoms with Crippen LogP contribution in [0.5, 0.6) is 5.75 Å². The van der Waals surface area contributed by atoms with Crippen molar-refractivity contribution in [1.29, 1.82) is 0 Å². The zero-order valence-corrected chi connectivity index (χ0v) is 24.2. The summed E-state index contributed by atoms with van der Waals surface area (Å²) in [5.74, 6) is -0.560. The molecule has 0 fully saturated rings. The number of fused-ring (bicyclic) bond motifs is 1. The molecule has 1 heterocycles. The predicted molar refractivity (Wildman–Crippen MR) is 152 cm³/mol. The molecule has 2 amide bonds. The molecule has 1 aromatic heterocycles. The standard InChI is InChI=1S/C27H33Cl2N3O5S/c1-16(2)12-24(33)30-9-11-38(35,36)32-27(34)26-22(21-8-7-19(28)15-23(21)31-26)6-5-10-37-20-13-17(3)25(29)18(4)14-20/h7-8,13-16,31H,5-6,9-12H2,1-4H3,(H,30,33)(H,32,34). The highest BCUT2D eigenvalue weighted by atomic mass is 35.5. The van der Waals surface area contributed by atoms with Gasteiger partial charge in [0.15, 0.2) is 0 Å². The van der Waals surface area contributed by atoms with Crippen LogP contribution in [0.15, 0.2) is 30.3 Å². The van der Waals surface area contributed by atoms with Gasteiger partial charge in [-0.2, -0.15) is 0 Å². The number of nitrogens with one attached hydrogen (secondary N) is 3. The van der Waals surface area contributed by atoms with Crippen LogP contribution in [0.4, 0.5) is 0 Å². The molecule has 0 saturated heterocycles. The predicted octanol–water partition coefficient (Wildman–Crippen LogP) is 5.33. The lowest BCUT2D eigenvalue weighted by atomic mass is 10.1. The molecule has 0 radical (unpaired) electrons. The average molecular weight is 583 g/mol. The Morgan fingerprint density at radius 2 is 1.76 bits per heavy atom. The number of aryl methyl sites for hydroxylation is 3. The van der Waals surface area contributed by atoms with Gasteiger partial charge in [-0.3, -0.25) is 9.59 Å². The lowest BCUT2D eigenvalue weighted by molar-refractivity contribution is -0.121. The summed E-state index contributed by atoms with van der Waals surface area (Å²) >= 11 is 12.4. The summed E-state index contributed by atoms with van der Waals surface area (Å²) < 4.78 is 33.1. The first kappa shape index (κ1) is 29.8. The van der Waals surface area contributed by atoms with Crippen LogP contribution in [0.1, 0.15) is 53.9 Å². The lowest BCUT2D eigenvalue weighted by Gasteiger charge is -2.11. The molecular weight excluding hydrogens is 549 g/mol. The third-order valence-electron chi connectivity index (χ3n) is 5.88. The van der Waals surface area contributed by atoms with Gasteiger partial charge in [0.1, 0.15) is 11.4 Å². The number of benzene rings is 2. The first-order chi connectivity index (χ1) is 17.9. The molecule has 11 heteroatoms. The average Bonchev–Trinajstić information content (AvgIpc) is 3.17. The zero-order chi connectivity index (χ0) is 28.0. The van der Waals surface area contributed by atoms with Gasteiger partial charge in [0.2, 0.25) is 15.9 Å².